The fourth-order valence-corrected chi connectivity index (χ4v) is 5.86. The van der Waals surface area contributed by atoms with Crippen molar-refractivity contribution in [3.05, 3.63) is 107 Å². The number of pyridine rings is 1. The van der Waals surface area contributed by atoms with Gasteiger partial charge in [0, 0.05) is 35.4 Å². The van der Waals surface area contributed by atoms with E-state index in [1.165, 1.54) is 28.1 Å². The van der Waals surface area contributed by atoms with Crippen LogP contribution >= 0.6 is 0 Å². The van der Waals surface area contributed by atoms with Gasteiger partial charge < -0.3 is 4.42 Å². The van der Waals surface area contributed by atoms with Gasteiger partial charge in [0.15, 0.2) is 17.0 Å². The molecule has 0 aliphatic carbocycles. The highest BCUT2D eigenvalue weighted by Crippen LogP contribution is 2.37. The van der Waals surface area contributed by atoms with Crippen LogP contribution in [0.1, 0.15) is 47.8 Å². The summed E-state index contributed by atoms with van der Waals surface area (Å²) in [6.45, 7) is 13.4. The Kier molecular flexibility index (Phi) is 5.49. The first kappa shape index (κ1) is 23.2. The molecule has 3 aromatic heterocycles. The molecule has 0 radical (unpaired) electrons. The van der Waals surface area contributed by atoms with Crippen LogP contribution in [0.2, 0.25) is 0 Å². The summed E-state index contributed by atoms with van der Waals surface area (Å²) < 4.78 is 11.4. The van der Waals surface area contributed by atoms with Crippen molar-refractivity contribution in [2.75, 3.05) is 0 Å². The quantitative estimate of drug-likeness (QED) is 0.236. The molecule has 0 amide bonds. The van der Waals surface area contributed by atoms with Crippen LogP contribution in [0.3, 0.4) is 0 Å². The number of hydrogen-bond donors (Lipinski definition) is 0. The predicted octanol–water partition coefficient (Wildman–Crippen LogP) is 8.07. The van der Waals surface area contributed by atoms with Crippen LogP contribution in [0.15, 0.2) is 83.4 Å². The fourth-order valence-electron chi connectivity index (χ4n) is 5.86. The van der Waals surface area contributed by atoms with E-state index in [9.17, 15) is 0 Å². The van der Waals surface area contributed by atoms with Crippen LogP contribution < -0.4 is 4.57 Å². The first-order valence-electron chi connectivity index (χ1n) is 12.9. The molecule has 0 saturated heterocycles. The lowest BCUT2D eigenvalue weighted by atomic mass is 10.0. The zero-order chi connectivity index (χ0) is 25.8. The van der Waals surface area contributed by atoms with Crippen LogP contribution in [0.25, 0.3) is 44.8 Å². The van der Waals surface area contributed by atoms with Gasteiger partial charge in [0.05, 0.1) is 5.56 Å². The Morgan fingerprint density at radius 1 is 0.757 bits per heavy atom. The van der Waals surface area contributed by atoms with Gasteiger partial charge in [-0.2, -0.15) is 9.13 Å². The van der Waals surface area contributed by atoms with E-state index in [-0.39, 0.29) is 0 Å². The predicted molar refractivity (Wildman–Crippen MR) is 151 cm³/mol. The van der Waals surface area contributed by atoms with E-state index in [1.54, 1.807) is 6.20 Å². The minimum atomic E-state index is 0.307. The molecule has 3 heterocycles. The summed E-state index contributed by atoms with van der Waals surface area (Å²) in [7, 11) is 0. The zero-order valence-corrected chi connectivity index (χ0v) is 22.3. The number of nitrogens with zero attached hydrogens (tertiary/aromatic N) is 3. The van der Waals surface area contributed by atoms with Gasteiger partial charge in [0.2, 0.25) is 5.71 Å². The number of rotatable bonds is 4. The summed E-state index contributed by atoms with van der Waals surface area (Å²) in [5, 5.41) is 2.12. The summed E-state index contributed by atoms with van der Waals surface area (Å²) in [5.74, 6) is 1.45. The van der Waals surface area contributed by atoms with Gasteiger partial charge in [-0.1, -0.05) is 56.3 Å². The highest BCUT2D eigenvalue weighted by atomic mass is 16.3. The van der Waals surface area contributed by atoms with E-state index in [4.69, 9.17) is 4.42 Å². The van der Waals surface area contributed by atoms with Crippen molar-refractivity contribution >= 4 is 22.1 Å². The Morgan fingerprint density at radius 2 is 1.49 bits per heavy atom. The second-order valence-corrected chi connectivity index (χ2v) is 10.3. The molecule has 0 spiro atoms. The van der Waals surface area contributed by atoms with Crippen LogP contribution in [0.5, 0.6) is 0 Å². The van der Waals surface area contributed by atoms with Crippen molar-refractivity contribution < 1.29 is 8.98 Å². The molecule has 3 aromatic carbocycles. The number of imidazole rings is 1. The Balaban J connectivity index is 1.85. The molecule has 6 rings (SSSR count). The molecule has 0 aliphatic rings. The molecule has 0 N–H and O–H groups in total. The van der Waals surface area contributed by atoms with E-state index in [0.717, 1.165) is 39.1 Å². The average molecular weight is 487 g/mol. The molecule has 0 aliphatic heterocycles. The van der Waals surface area contributed by atoms with E-state index < -0.39 is 0 Å². The van der Waals surface area contributed by atoms with Gasteiger partial charge in [0.1, 0.15) is 11.4 Å². The Labute approximate surface area is 217 Å². The number of benzene rings is 3. The Morgan fingerprint density at radius 3 is 2.19 bits per heavy atom. The standard InChI is InChI=1S/C33H32N3O/c1-20(2)29-24(6)35(30-23(5)17-18-26-27-16-11-19-34-32(27)37-31(26)30)33(28-21(3)12-10-13-22(28)4)36(29)25-14-8-7-9-15-25/h7-20H,1-6H3/q+1. The Bertz CT molecular complexity index is 1770. The van der Waals surface area contributed by atoms with E-state index >= 15 is 0 Å². The summed E-state index contributed by atoms with van der Waals surface area (Å²) in [5.41, 5.74) is 11.2. The lowest BCUT2D eigenvalue weighted by molar-refractivity contribution is -0.589. The van der Waals surface area contributed by atoms with E-state index in [0.29, 0.717) is 11.6 Å². The van der Waals surface area contributed by atoms with Crippen molar-refractivity contribution in [3.63, 3.8) is 0 Å². The second kappa shape index (κ2) is 8.74. The first-order chi connectivity index (χ1) is 17.9. The second-order valence-electron chi connectivity index (χ2n) is 10.3. The van der Waals surface area contributed by atoms with Crippen LogP contribution in [-0.2, 0) is 0 Å². The van der Waals surface area contributed by atoms with Crippen LogP contribution in [0.4, 0.5) is 0 Å². The van der Waals surface area contributed by atoms with Gasteiger partial charge in [-0.05, 0) is 62.2 Å². The monoisotopic (exact) mass is 486 g/mol. The molecule has 37 heavy (non-hydrogen) atoms. The molecule has 0 fully saturated rings. The smallest absolute Gasteiger partial charge is 0.300 e. The van der Waals surface area contributed by atoms with Gasteiger partial charge in [-0.25, -0.2) is 4.98 Å². The minimum absolute atomic E-state index is 0.307. The molecular formula is C33H32N3O+. The normalized spacial score (nSPS) is 11.8. The molecule has 4 heteroatoms. The fraction of sp³-hybridized carbons (Fsp3) is 0.212. The minimum Gasteiger partial charge on any atom is -0.433 e. The molecule has 6 aromatic rings. The number of para-hydroxylation sites is 1. The third kappa shape index (κ3) is 3.51. The third-order valence-corrected chi connectivity index (χ3v) is 7.45. The highest BCUT2D eigenvalue weighted by molar-refractivity contribution is 6.06. The number of hydrogen-bond acceptors (Lipinski definition) is 2. The summed E-state index contributed by atoms with van der Waals surface area (Å²) in [6, 6.07) is 25.7. The third-order valence-electron chi connectivity index (χ3n) is 7.45. The maximum Gasteiger partial charge on any atom is 0.300 e. The van der Waals surface area contributed by atoms with Crippen molar-refractivity contribution in [3.8, 4) is 22.8 Å². The topological polar surface area (TPSA) is 34.8 Å². The summed E-state index contributed by atoms with van der Waals surface area (Å²) >= 11 is 0. The SMILES string of the molecule is Cc1cccc(C)c1-c1n(-c2ccccc2)c(C(C)C)c(C)[n+]1-c1c(C)ccc2c1oc1ncccc12. The maximum atomic E-state index is 6.50. The van der Waals surface area contributed by atoms with Gasteiger partial charge >= 0.3 is 0 Å². The maximum absolute atomic E-state index is 6.50. The van der Waals surface area contributed by atoms with Crippen LogP contribution in [-0.4, -0.2) is 9.55 Å². The number of aryl methyl sites for hydroxylation is 3. The van der Waals surface area contributed by atoms with Crippen molar-refractivity contribution in [2.45, 2.75) is 47.5 Å². The van der Waals surface area contributed by atoms with Gasteiger partial charge in [0.25, 0.3) is 5.82 Å². The largest absolute Gasteiger partial charge is 0.433 e. The molecule has 0 atom stereocenters. The van der Waals surface area contributed by atoms with Crippen LogP contribution in [0, 0.1) is 27.7 Å². The number of fused-ring (bicyclic) bond motifs is 3. The summed E-state index contributed by atoms with van der Waals surface area (Å²) in [6.07, 6.45) is 1.79. The molecule has 4 nitrogen and oxygen atoms in total. The van der Waals surface area contributed by atoms with Gasteiger partial charge in [-0.3, -0.25) is 0 Å². The lowest BCUT2D eigenvalue weighted by Gasteiger charge is -2.13. The zero-order valence-electron chi connectivity index (χ0n) is 22.3. The number of furan rings is 1. The average Bonchev–Trinajstić information content (AvgIpc) is 3.40. The molecule has 0 bridgehead atoms. The molecule has 0 saturated carbocycles. The molecule has 184 valence electrons. The molecule has 0 unspecified atom stereocenters. The lowest BCUT2D eigenvalue weighted by Crippen LogP contribution is -2.36. The van der Waals surface area contributed by atoms with E-state index in [2.05, 4.69) is 122 Å². The first-order valence-corrected chi connectivity index (χ1v) is 12.9. The van der Waals surface area contributed by atoms with Crippen molar-refractivity contribution in [2.24, 2.45) is 0 Å². The molecular weight excluding hydrogens is 454 g/mol. The van der Waals surface area contributed by atoms with Crippen molar-refractivity contribution in [1.29, 1.82) is 0 Å². The Hall–Kier alpha value is -4.18. The summed E-state index contributed by atoms with van der Waals surface area (Å²) in [4.78, 5) is 4.53. The van der Waals surface area contributed by atoms with Gasteiger partial charge in [-0.15, -0.1) is 0 Å². The van der Waals surface area contributed by atoms with Crippen molar-refractivity contribution in [1.82, 2.24) is 9.55 Å². The van der Waals surface area contributed by atoms with E-state index in [1.807, 2.05) is 6.07 Å². The number of aromatic nitrogens is 3. The highest BCUT2D eigenvalue weighted by Gasteiger charge is 2.36.